The number of amides is 1. The van der Waals surface area contributed by atoms with Crippen LogP contribution in [0.15, 0.2) is 48.7 Å². The number of ether oxygens (including phenoxy) is 1. The summed E-state index contributed by atoms with van der Waals surface area (Å²) < 4.78 is 44.9. The predicted molar refractivity (Wildman–Crippen MR) is 108 cm³/mol. The van der Waals surface area contributed by atoms with Gasteiger partial charge in [0.25, 0.3) is 5.91 Å². The standard InChI is InChI=1S/C21H17ClF3N3O3/c1-12-8-16(13(2)28(12)15-6-4-3-5-7-15)20(30)31-11-18(29)27-19-17(22)9-14(10-26-19)21(23,24)25/h3-10H,11H2,1-2H3,(H,26,27,29). The molecule has 0 spiro atoms. The third-order valence-corrected chi connectivity index (χ3v) is 4.71. The highest BCUT2D eigenvalue weighted by molar-refractivity contribution is 6.33. The van der Waals surface area contributed by atoms with Gasteiger partial charge in [-0.05, 0) is 38.1 Å². The van der Waals surface area contributed by atoms with E-state index in [0.29, 0.717) is 23.5 Å². The Hall–Kier alpha value is -3.33. The van der Waals surface area contributed by atoms with Crippen LogP contribution in [-0.2, 0) is 15.7 Å². The van der Waals surface area contributed by atoms with Crippen LogP contribution in [0, 0.1) is 13.8 Å². The summed E-state index contributed by atoms with van der Waals surface area (Å²) in [6.45, 7) is 2.93. The minimum absolute atomic E-state index is 0.266. The zero-order valence-electron chi connectivity index (χ0n) is 16.5. The van der Waals surface area contributed by atoms with E-state index in [4.69, 9.17) is 16.3 Å². The second-order valence-electron chi connectivity index (χ2n) is 6.63. The maximum absolute atomic E-state index is 12.7. The van der Waals surface area contributed by atoms with Crippen molar-refractivity contribution in [3.8, 4) is 5.69 Å². The van der Waals surface area contributed by atoms with Crippen molar-refractivity contribution in [3.05, 3.63) is 76.2 Å². The van der Waals surface area contributed by atoms with E-state index < -0.39 is 30.2 Å². The van der Waals surface area contributed by atoms with Crippen LogP contribution in [0.25, 0.3) is 5.69 Å². The Morgan fingerprint density at radius 3 is 2.45 bits per heavy atom. The van der Waals surface area contributed by atoms with E-state index in [1.54, 1.807) is 13.0 Å². The van der Waals surface area contributed by atoms with Crippen molar-refractivity contribution >= 4 is 29.3 Å². The molecule has 0 aliphatic heterocycles. The van der Waals surface area contributed by atoms with Crippen LogP contribution in [-0.4, -0.2) is 28.0 Å². The second-order valence-corrected chi connectivity index (χ2v) is 7.04. The Balaban J connectivity index is 1.66. The number of aromatic nitrogens is 2. The first-order valence-electron chi connectivity index (χ1n) is 9.02. The SMILES string of the molecule is Cc1cc(C(=O)OCC(=O)Nc2ncc(C(F)(F)F)cc2Cl)c(C)n1-c1ccccc1. The number of para-hydroxylation sites is 1. The Labute approximate surface area is 180 Å². The number of carbonyl (C=O) groups is 2. The van der Waals surface area contributed by atoms with E-state index in [9.17, 15) is 22.8 Å². The molecule has 0 atom stereocenters. The van der Waals surface area contributed by atoms with Gasteiger partial charge < -0.3 is 14.6 Å². The van der Waals surface area contributed by atoms with Gasteiger partial charge in [-0.1, -0.05) is 29.8 Å². The van der Waals surface area contributed by atoms with Gasteiger partial charge in [0.2, 0.25) is 0 Å². The van der Waals surface area contributed by atoms with Gasteiger partial charge in [-0.15, -0.1) is 0 Å². The number of aryl methyl sites for hydroxylation is 1. The van der Waals surface area contributed by atoms with Gasteiger partial charge in [0.15, 0.2) is 12.4 Å². The molecule has 0 saturated heterocycles. The van der Waals surface area contributed by atoms with Gasteiger partial charge >= 0.3 is 12.1 Å². The number of alkyl halides is 3. The lowest BCUT2D eigenvalue weighted by molar-refractivity contribution is -0.137. The molecular formula is C21H17ClF3N3O3. The third kappa shape index (κ3) is 5.05. The van der Waals surface area contributed by atoms with Crippen molar-refractivity contribution in [2.45, 2.75) is 20.0 Å². The van der Waals surface area contributed by atoms with Gasteiger partial charge in [-0.3, -0.25) is 4.79 Å². The molecule has 1 amide bonds. The first-order valence-corrected chi connectivity index (χ1v) is 9.40. The number of carbonyl (C=O) groups excluding carboxylic acids is 2. The lowest BCUT2D eigenvalue weighted by Gasteiger charge is -2.11. The first kappa shape index (κ1) is 22.4. The number of pyridine rings is 1. The lowest BCUT2D eigenvalue weighted by atomic mass is 10.2. The molecule has 31 heavy (non-hydrogen) atoms. The summed E-state index contributed by atoms with van der Waals surface area (Å²) in [5, 5.41) is 1.83. The van der Waals surface area contributed by atoms with Crippen LogP contribution in [0.4, 0.5) is 19.0 Å². The average Bonchev–Trinajstić information content (AvgIpc) is 3.01. The number of anilines is 1. The molecule has 3 rings (SSSR count). The molecule has 2 aromatic heterocycles. The number of esters is 1. The zero-order chi connectivity index (χ0) is 22.8. The van der Waals surface area contributed by atoms with E-state index in [-0.39, 0.29) is 10.8 Å². The summed E-state index contributed by atoms with van der Waals surface area (Å²) in [4.78, 5) is 28.0. The third-order valence-electron chi connectivity index (χ3n) is 4.43. The topological polar surface area (TPSA) is 73.2 Å². The highest BCUT2D eigenvalue weighted by Crippen LogP contribution is 2.32. The number of hydrogen-bond acceptors (Lipinski definition) is 4. The van der Waals surface area contributed by atoms with Crippen LogP contribution >= 0.6 is 11.6 Å². The monoisotopic (exact) mass is 451 g/mol. The Kier molecular flexibility index (Phi) is 6.35. The van der Waals surface area contributed by atoms with Gasteiger partial charge in [-0.25, -0.2) is 9.78 Å². The number of nitrogens with zero attached hydrogens (tertiary/aromatic N) is 2. The Bertz CT molecular complexity index is 1130. The van der Waals surface area contributed by atoms with Crippen molar-refractivity contribution in [2.24, 2.45) is 0 Å². The second kappa shape index (κ2) is 8.81. The largest absolute Gasteiger partial charge is 0.452 e. The van der Waals surface area contributed by atoms with Crippen molar-refractivity contribution in [3.63, 3.8) is 0 Å². The molecule has 0 aliphatic rings. The highest BCUT2D eigenvalue weighted by atomic mass is 35.5. The molecule has 0 aliphatic carbocycles. The fraction of sp³-hybridized carbons (Fsp3) is 0.190. The van der Waals surface area contributed by atoms with Gasteiger partial charge in [0.05, 0.1) is 16.1 Å². The minimum Gasteiger partial charge on any atom is -0.452 e. The van der Waals surface area contributed by atoms with Gasteiger partial charge in [0, 0.05) is 23.3 Å². The van der Waals surface area contributed by atoms with E-state index in [1.165, 1.54) is 0 Å². The van der Waals surface area contributed by atoms with Crippen LogP contribution in [0.5, 0.6) is 0 Å². The normalized spacial score (nSPS) is 11.3. The number of hydrogen-bond donors (Lipinski definition) is 1. The molecule has 0 radical (unpaired) electrons. The van der Waals surface area contributed by atoms with Crippen molar-refractivity contribution < 1.29 is 27.5 Å². The van der Waals surface area contributed by atoms with Gasteiger partial charge in [0.1, 0.15) is 0 Å². The van der Waals surface area contributed by atoms with E-state index >= 15 is 0 Å². The van der Waals surface area contributed by atoms with E-state index in [2.05, 4.69) is 10.3 Å². The first-order chi connectivity index (χ1) is 14.6. The molecule has 1 aromatic carbocycles. The summed E-state index contributed by atoms with van der Waals surface area (Å²) in [7, 11) is 0. The number of nitrogens with one attached hydrogen (secondary N) is 1. The maximum Gasteiger partial charge on any atom is 0.417 e. The van der Waals surface area contributed by atoms with E-state index in [0.717, 1.165) is 11.4 Å². The zero-order valence-corrected chi connectivity index (χ0v) is 17.2. The van der Waals surface area contributed by atoms with Crippen LogP contribution < -0.4 is 5.32 Å². The molecule has 162 valence electrons. The molecule has 3 aromatic rings. The molecule has 10 heteroatoms. The lowest BCUT2D eigenvalue weighted by Crippen LogP contribution is -2.22. The molecule has 2 heterocycles. The van der Waals surface area contributed by atoms with Crippen molar-refractivity contribution in [1.29, 1.82) is 0 Å². The van der Waals surface area contributed by atoms with Crippen LogP contribution in [0.2, 0.25) is 5.02 Å². The summed E-state index contributed by atoms with van der Waals surface area (Å²) in [6.07, 6.45) is -4.06. The fourth-order valence-electron chi connectivity index (χ4n) is 3.01. The quantitative estimate of drug-likeness (QED) is 0.557. The molecule has 0 fully saturated rings. The van der Waals surface area contributed by atoms with E-state index in [1.807, 2.05) is 41.8 Å². The Morgan fingerprint density at radius 1 is 1.16 bits per heavy atom. The van der Waals surface area contributed by atoms with Crippen molar-refractivity contribution in [1.82, 2.24) is 9.55 Å². The summed E-state index contributed by atoms with van der Waals surface area (Å²) >= 11 is 5.75. The Morgan fingerprint density at radius 2 is 1.84 bits per heavy atom. The summed E-state index contributed by atoms with van der Waals surface area (Å²) in [5.41, 5.74) is 1.57. The average molecular weight is 452 g/mol. The van der Waals surface area contributed by atoms with Crippen LogP contribution in [0.3, 0.4) is 0 Å². The highest BCUT2D eigenvalue weighted by Gasteiger charge is 2.31. The van der Waals surface area contributed by atoms with Gasteiger partial charge in [-0.2, -0.15) is 13.2 Å². The molecule has 0 bridgehead atoms. The number of rotatable bonds is 5. The van der Waals surface area contributed by atoms with Crippen LogP contribution in [0.1, 0.15) is 27.3 Å². The number of benzene rings is 1. The minimum atomic E-state index is -4.61. The molecule has 0 saturated carbocycles. The molecule has 1 N–H and O–H groups in total. The maximum atomic E-state index is 12.7. The predicted octanol–water partition coefficient (Wildman–Crippen LogP) is 4.96. The molecule has 6 nitrogen and oxygen atoms in total. The fourth-order valence-corrected chi connectivity index (χ4v) is 3.22. The summed E-state index contributed by atoms with van der Waals surface area (Å²) in [5.74, 6) is -1.77. The van der Waals surface area contributed by atoms with Crippen molar-refractivity contribution in [2.75, 3.05) is 11.9 Å². The molecular weight excluding hydrogens is 435 g/mol. The smallest absolute Gasteiger partial charge is 0.417 e. The molecule has 0 unspecified atom stereocenters. The number of halogens is 4. The summed E-state index contributed by atoms with van der Waals surface area (Å²) in [6, 6.07) is 11.7.